The predicted octanol–water partition coefficient (Wildman–Crippen LogP) is 3.99. The Balaban J connectivity index is 1.48. The highest BCUT2D eigenvalue weighted by Gasteiger charge is 2.14. The molecule has 8 heteroatoms. The lowest BCUT2D eigenvalue weighted by molar-refractivity contribution is 0.0950. The number of nitrogens with one attached hydrogen (secondary N) is 2. The van der Waals surface area contributed by atoms with Crippen LogP contribution in [0.15, 0.2) is 71.8 Å². The van der Waals surface area contributed by atoms with Crippen molar-refractivity contribution in [1.29, 1.82) is 0 Å². The van der Waals surface area contributed by atoms with Gasteiger partial charge >= 0.3 is 0 Å². The van der Waals surface area contributed by atoms with Crippen LogP contribution < -0.4 is 5.43 Å². The highest BCUT2D eigenvalue weighted by Crippen LogP contribution is 2.22. The quantitative estimate of drug-likeness (QED) is 0.389. The molecular weight excluding hydrogens is 388 g/mol. The van der Waals surface area contributed by atoms with E-state index in [0.29, 0.717) is 27.8 Å². The first-order valence-electron chi connectivity index (χ1n) is 8.88. The van der Waals surface area contributed by atoms with Crippen LogP contribution in [-0.2, 0) is 0 Å². The minimum absolute atomic E-state index is 0.309. The molecular formula is C21H17ClN6O. The van der Waals surface area contributed by atoms with E-state index in [-0.39, 0.29) is 0 Å². The fraction of sp³-hybridized carbons (Fsp3) is 0.0476. The van der Waals surface area contributed by atoms with Gasteiger partial charge in [-0.2, -0.15) is 15.3 Å². The van der Waals surface area contributed by atoms with Crippen LogP contribution in [0.2, 0.25) is 5.15 Å². The molecule has 0 spiro atoms. The summed E-state index contributed by atoms with van der Waals surface area (Å²) in [6, 6.07) is 20.8. The third-order valence-electron chi connectivity index (χ3n) is 4.30. The van der Waals surface area contributed by atoms with Crippen LogP contribution in [0.4, 0.5) is 0 Å². The second-order valence-electron chi connectivity index (χ2n) is 6.27. The maximum Gasteiger partial charge on any atom is 0.289 e. The molecule has 1 amide bonds. The first-order valence-corrected chi connectivity index (χ1v) is 9.26. The van der Waals surface area contributed by atoms with Gasteiger partial charge in [-0.15, -0.1) is 0 Å². The number of aromatic amines is 1. The van der Waals surface area contributed by atoms with Crippen molar-refractivity contribution in [2.24, 2.45) is 5.10 Å². The number of halogens is 1. The second kappa shape index (κ2) is 8.12. The van der Waals surface area contributed by atoms with Gasteiger partial charge in [-0.25, -0.2) is 10.1 Å². The van der Waals surface area contributed by atoms with Crippen LogP contribution in [0, 0.1) is 6.92 Å². The number of hydrogen-bond donors (Lipinski definition) is 2. The summed E-state index contributed by atoms with van der Waals surface area (Å²) in [7, 11) is 0. The van der Waals surface area contributed by atoms with E-state index in [4.69, 9.17) is 11.6 Å². The van der Waals surface area contributed by atoms with Crippen molar-refractivity contribution in [3.63, 3.8) is 0 Å². The monoisotopic (exact) mass is 404 g/mol. The Morgan fingerprint density at radius 2 is 1.83 bits per heavy atom. The van der Waals surface area contributed by atoms with Crippen molar-refractivity contribution in [2.75, 3.05) is 0 Å². The third-order valence-corrected chi connectivity index (χ3v) is 4.66. The molecule has 0 bridgehead atoms. The van der Waals surface area contributed by atoms with Crippen LogP contribution in [0.3, 0.4) is 0 Å². The van der Waals surface area contributed by atoms with Crippen LogP contribution >= 0.6 is 11.6 Å². The minimum atomic E-state index is -0.403. The highest BCUT2D eigenvalue weighted by molar-refractivity contribution is 6.32. The molecule has 0 saturated carbocycles. The normalized spacial score (nSPS) is 11.1. The number of hydrogen-bond acceptors (Lipinski definition) is 4. The van der Waals surface area contributed by atoms with Crippen LogP contribution in [0.1, 0.15) is 21.7 Å². The van der Waals surface area contributed by atoms with Crippen molar-refractivity contribution in [3.05, 3.63) is 88.8 Å². The third kappa shape index (κ3) is 3.95. The van der Waals surface area contributed by atoms with Crippen molar-refractivity contribution < 1.29 is 4.79 Å². The average molecular weight is 405 g/mol. The predicted molar refractivity (Wildman–Crippen MR) is 112 cm³/mol. The van der Waals surface area contributed by atoms with Gasteiger partial charge in [0.15, 0.2) is 0 Å². The number of aryl methyl sites for hydroxylation is 1. The Morgan fingerprint density at radius 1 is 1.14 bits per heavy atom. The lowest BCUT2D eigenvalue weighted by Gasteiger charge is -2.01. The zero-order chi connectivity index (χ0) is 20.2. The Kier molecular flexibility index (Phi) is 5.22. The summed E-state index contributed by atoms with van der Waals surface area (Å²) >= 11 is 6.45. The summed E-state index contributed by atoms with van der Waals surface area (Å²) in [6.07, 6.45) is 1.48. The Morgan fingerprint density at radius 3 is 2.55 bits per heavy atom. The maximum atomic E-state index is 12.3. The lowest BCUT2D eigenvalue weighted by atomic mass is 10.1. The van der Waals surface area contributed by atoms with E-state index < -0.39 is 5.91 Å². The molecule has 7 nitrogen and oxygen atoms in total. The molecule has 2 aromatic heterocycles. The van der Waals surface area contributed by atoms with Gasteiger partial charge in [0.2, 0.25) is 0 Å². The number of carbonyl (C=O) groups excluding carboxylic acids is 1. The van der Waals surface area contributed by atoms with Gasteiger partial charge in [0.1, 0.15) is 10.8 Å². The number of aromatic nitrogens is 4. The molecule has 2 N–H and O–H groups in total. The van der Waals surface area contributed by atoms with Crippen LogP contribution in [0.5, 0.6) is 0 Å². The largest absolute Gasteiger partial charge is 0.289 e. The molecule has 0 aliphatic heterocycles. The van der Waals surface area contributed by atoms with Gasteiger partial charge in [-0.05, 0) is 25.1 Å². The van der Waals surface area contributed by atoms with Gasteiger partial charge in [0.05, 0.1) is 28.9 Å². The van der Waals surface area contributed by atoms with E-state index >= 15 is 0 Å². The molecule has 0 atom stereocenters. The molecule has 2 heterocycles. The van der Waals surface area contributed by atoms with E-state index in [9.17, 15) is 4.79 Å². The van der Waals surface area contributed by atoms with Crippen molar-refractivity contribution in [3.8, 4) is 16.9 Å². The SMILES string of the molecule is Cc1nn(-c2ccccc2)c(Cl)c1C=NNC(=O)c1cc(-c2ccccc2)n[nH]1. The van der Waals surface area contributed by atoms with Gasteiger partial charge in [0.25, 0.3) is 5.91 Å². The van der Waals surface area contributed by atoms with E-state index in [1.807, 2.05) is 67.6 Å². The Hall–Kier alpha value is -3.71. The Labute approximate surface area is 172 Å². The second-order valence-corrected chi connectivity index (χ2v) is 6.63. The molecule has 4 aromatic rings. The molecule has 0 aliphatic carbocycles. The van der Waals surface area contributed by atoms with E-state index in [1.54, 1.807) is 10.7 Å². The number of H-pyrrole nitrogens is 1. The van der Waals surface area contributed by atoms with Gasteiger partial charge < -0.3 is 0 Å². The highest BCUT2D eigenvalue weighted by atomic mass is 35.5. The van der Waals surface area contributed by atoms with Crippen LogP contribution in [0.25, 0.3) is 16.9 Å². The first-order chi connectivity index (χ1) is 14.1. The molecule has 144 valence electrons. The number of rotatable bonds is 5. The van der Waals surface area contributed by atoms with Crippen LogP contribution in [-0.4, -0.2) is 32.1 Å². The summed E-state index contributed by atoms with van der Waals surface area (Å²) in [4.78, 5) is 12.3. The van der Waals surface area contributed by atoms with E-state index in [1.165, 1.54) is 6.21 Å². The topological polar surface area (TPSA) is 88.0 Å². The molecule has 0 unspecified atom stereocenters. The smallest absolute Gasteiger partial charge is 0.272 e. The molecule has 0 saturated heterocycles. The van der Waals surface area contributed by atoms with Crippen molar-refractivity contribution >= 4 is 23.7 Å². The summed E-state index contributed by atoms with van der Waals surface area (Å²) in [6.45, 7) is 1.83. The lowest BCUT2D eigenvalue weighted by Crippen LogP contribution is -2.18. The fourth-order valence-electron chi connectivity index (χ4n) is 2.81. The average Bonchev–Trinajstić information content (AvgIpc) is 3.36. The number of amides is 1. The van der Waals surface area contributed by atoms with E-state index in [0.717, 1.165) is 11.3 Å². The van der Waals surface area contributed by atoms with E-state index in [2.05, 4.69) is 25.8 Å². The molecule has 0 radical (unpaired) electrons. The number of nitrogens with zero attached hydrogens (tertiary/aromatic N) is 4. The number of carbonyl (C=O) groups is 1. The first kappa shape index (κ1) is 18.6. The maximum absolute atomic E-state index is 12.3. The zero-order valence-electron chi connectivity index (χ0n) is 15.5. The van der Waals surface area contributed by atoms with Gasteiger partial charge in [0, 0.05) is 5.56 Å². The number of para-hydroxylation sites is 1. The number of hydrazone groups is 1. The molecule has 29 heavy (non-hydrogen) atoms. The number of benzene rings is 2. The van der Waals surface area contributed by atoms with Gasteiger partial charge in [-0.1, -0.05) is 60.1 Å². The molecule has 2 aromatic carbocycles. The summed E-state index contributed by atoms with van der Waals surface area (Å²) in [5.41, 5.74) is 6.56. The van der Waals surface area contributed by atoms with Gasteiger partial charge in [-0.3, -0.25) is 9.89 Å². The molecule has 4 rings (SSSR count). The summed E-state index contributed by atoms with van der Waals surface area (Å²) < 4.78 is 1.63. The molecule has 0 aliphatic rings. The molecule has 0 fully saturated rings. The minimum Gasteiger partial charge on any atom is -0.272 e. The Bertz CT molecular complexity index is 1160. The zero-order valence-corrected chi connectivity index (χ0v) is 16.3. The van der Waals surface area contributed by atoms with Crippen molar-refractivity contribution in [1.82, 2.24) is 25.4 Å². The van der Waals surface area contributed by atoms with Crippen molar-refractivity contribution in [2.45, 2.75) is 6.92 Å². The fourth-order valence-corrected chi connectivity index (χ4v) is 3.13. The summed E-state index contributed by atoms with van der Waals surface area (Å²) in [5.74, 6) is -0.403. The summed E-state index contributed by atoms with van der Waals surface area (Å²) in [5, 5.41) is 15.8. The standard InChI is InChI=1S/C21H17ClN6O/c1-14-17(20(22)28(27-14)16-10-6-3-7-11-16)13-23-26-21(29)19-12-18(24-25-19)15-8-4-2-5-9-15/h2-13H,1H3,(H,24,25)(H,26,29).